The molecule has 1 N–H and O–H groups in total. The van der Waals surface area contributed by atoms with Crippen molar-refractivity contribution in [2.24, 2.45) is 5.92 Å². The summed E-state index contributed by atoms with van der Waals surface area (Å²) >= 11 is 0. The Morgan fingerprint density at radius 3 is 2.24 bits per heavy atom. The van der Waals surface area contributed by atoms with Gasteiger partial charge < -0.3 is 15.0 Å². The summed E-state index contributed by atoms with van der Waals surface area (Å²) in [5, 5.41) is 3.44. The fourth-order valence-electron chi connectivity index (χ4n) is 2.13. The van der Waals surface area contributed by atoms with Crippen LogP contribution in [0.3, 0.4) is 0 Å². The third-order valence-corrected chi connectivity index (χ3v) is 3.59. The van der Waals surface area contributed by atoms with Crippen molar-refractivity contribution in [2.45, 2.75) is 73.0 Å². The van der Waals surface area contributed by atoms with E-state index in [9.17, 15) is 4.79 Å². The standard InChI is InChI=1S/C17H36N2O2/c1-8-19(9-2)12-10-11-15(4)18-13-14(3)16(20)21-17(5,6)7/h14-15,18H,8-13H2,1-7H3/t14-,15+/m1/s1. The maximum atomic E-state index is 11.9. The van der Waals surface area contributed by atoms with Crippen LogP contribution in [0.4, 0.5) is 0 Å². The molecule has 0 saturated heterocycles. The summed E-state index contributed by atoms with van der Waals surface area (Å²) in [5.74, 6) is -0.222. The second-order valence-electron chi connectivity index (χ2n) is 6.91. The molecule has 0 aromatic carbocycles. The molecular weight excluding hydrogens is 264 g/mol. The van der Waals surface area contributed by atoms with Crippen LogP contribution in [0, 0.1) is 5.92 Å². The van der Waals surface area contributed by atoms with Gasteiger partial charge in [-0.3, -0.25) is 4.79 Å². The molecule has 0 amide bonds. The molecule has 2 atom stereocenters. The lowest BCUT2D eigenvalue weighted by Gasteiger charge is -2.24. The average Bonchev–Trinajstić information content (AvgIpc) is 2.39. The summed E-state index contributed by atoms with van der Waals surface area (Å²) < 4.78 is 5.39. The highest BCUT2D eigenvalue weighted by Crippen LogP contribution is 2.11. The molecule has 126 valence electrons. The highest BCUT2D eigenvalue weighted by Gasteiger charge is 2.21. The molecule has 0 aliphatic carbocycles. The molecule has 0 heterocycles. The maximum Gasteiger partial charge on any atom is 0.310 e. The quantitative estimate of drug-likeness (QED) is 0.630. The number of carbonyl (C=O) groups excluding carboxylic acids is 1. The Bertz CT molecular complexity index is 283. The molecule has 21 heavy (non-hydrogen) atoms. The Morgan fingerprint density at radius 2 is 1.76 bits per heavy atom. The molecule has 0 radical (unpaired) electrons. The van der Waals surface area contributed by atoms with Crippen LogP contribution in [0.25, 0.3) is 0 Å². The Morgan fingerprint density at radius 1 is 1.19 bits per heavy atom. The van der Waals surface area contributed by atoms with Crippen molar-refractivity contribution in [2.75, 3.05) is 26.2 Å². The second-order valence-corrected chi connectivity index (χ2v) is 6.91. The van der Waals surface area contributed by atoms with Gasteiger partial charge in [-0.1, -0.05) is 20.8 Å². The molecule has 0 bridgehead atoms. The van der Waals surface area contributed by atoms with E-state index in [0.717, 1.165) is 26.1 Å². The normalized spacial score (nSPS) is 15.0. The van der Waals surface area contributed by atoms with Gasteiger partial charge in [-0.2, -0.15) is 0 Å². The van der Waals surface area contributed by atoms with Gasteiger partial charge in [0, 0.05) is 12.6 Å². The zero-order chi connectivity index (χ0) is 16.5. The molecular formula is C17H36N2O2. The molecule has 0 rings (SSSR count). The van der Waals surface area contributed by atoms with Crippen LogP contribution in [0.5, 0.6) is 0 Å². The third kappa shape index (κ3) is 10.7. The van der Waals surface area contributed by atoms with Gasteiger partial charge in [0.05, 0.1) is 5.92 Å². The van der Waals surface area contributed by atoms with Gasteiger partial charge in [-0.25, -0.2) is 0 Å². The largest absolute Gasteiger partial charge is 0.460 e. The van der Waals surface area contributed by atoms with Crippen molar-refractivity contribution in [1.82, 2.24) is 10.2 Å². The zero-order valence-electron chi connectivity index (χ0n) is 15.2. The van der Waals surface area contributed by atoms with Crippen molar-refractivity contribution >= 4 is 5.97 Å². The van der Waals surface area contributed by atoms with E-state index >= 15 is 0 Å². The molecule has 0 aromatic heterocycles. The van der Waals surface area contributed by atoms with Crippen molar-refractivity contribution in [3.05, 3.63) is 0 Å². The first kappa shape index (κ1) is 20.4. The Balaban J connectivity index is 3.86. The predicted octanol–water partition coefficient (Wildman–Crippen LogP) is 3.06. The van der Waals surface area contributed by atoms with E-state index in [1.807, 2.05) is 27.7 Å². The molecule has 0 saturated carbocycles. The van der Waals surface area contributed by atoms with Gasteiger partial charge in [-0.15, -0.1) is 0 Å². The summed E-state index contributed by atoms with van der Waals surface area (Å²) in [7, 11) is 0. The third-order valence-electron chi connectivity index (χ3n) is 3.59. The van der Waals surface area contributed by atoms with E-state index in [4.69, 9.17) is 4.74 Å². The number of esters is 1. The number of rotatable bonds is 10. The highest BCUT2D eigenvalue weighted by atomic mass is 16.6. The summed E-state index contributed by atoms with van der Waals surface area (Å²) in [6, 6.07) is 0.436. The SMILES string of the molecule is CCN(CC)CCC[C@H](C)NC[C@@H](C)C(=O)OC(C)(C)C. The zero-order valence-corrected chi connectivity index (χ0v) is 15.2. The fourth-order valence-corrected chi connectivity index (χ4v) is 2.13. The van der Waals surface area contributed by atoms with E-state index in [-0.39, 0.29) is 11.9 Å². The molecule has 0 unspecified atom stereocenters. The number of hydrogen-bond donors (Lipinski definition) is 1. The Hall–Kier alpha value is -0.610. The van der Waals surface area contributed by atoms with Gasteiger partial charge in [0.15, 0.2) is 0 Å². The van der Waals surface area contributed by atoms with Crippen LogP contribution in [-0.2, 0) is 9.53 Å². The number of nitrogens with one attached hydrogen (secondary N) is 1. The van der Waals surface area contributed by atoms with Crippen LogP contribution in [-0.4, -0.2) is 48.7 Å². The van der Waals surface area contributed by atoms with Crippen molar-refractivity contribution < 1.29 is 9.53 Å². The summed E-state index contributed by atoms with van der Waals surface area (Å²) in [5.41, 5.74) is -0.402. The van der Waals surface area contributed by atoms with Gasteiger partial charge in [0.1, 0.15) is 5.60 Å². The number of carbonyl (C=O) groups is 1. The maximum absolute atomic E-state index is 11.9. The monoisotopic (exact) mass is 300 g/mol. The minimum Gasteiger partial charge on any atom is -0.460 e. The number of hydrogen-bond acceptors (Lipinski definition) is 4. The van der Waals surface area contributed by atoms with E-state index < -0.39 is 5.60 Å². The molecule has 0 fully saturated rings. The highest BCUT2D eigenvalue weighted by molar-refractivity contribution is 5.72. The Labute approximate surface area is 131 Å². The van der Waals surface area contributed by atoms with Crippen molar-refractivity contribution in [3.8, 4) is 0 Å². The van der Waals surface area contributed by atoms with Crippen LogP contribution < -0.4 is 5.32 Å². The molecule has 0 aliphatic rings. The predicted molar refractivity (Wildman–Crippen MR) is 89.5 cm³/mol. The second kappa shape index (κ2) is 10.2. The topological polar surface area (TPSA) is 41.6 Å². The van der Waals surface area contributed by atoms with Crippen LogP contribution in [0.2, 0.25) is 0 Å². The first-order valence-corrected chi connectivity index (χ1v) is 8.38. The number of nitrogens with zero attached hydrogens (tertiary/aromatic N) is 1. The molecule has 0 spiro atoms. The molecule has 4 heteroatoms. The fraction of sp³-hybridized carbons (Fsp3) is 0.941. The van der Waals surface area contributed by atoms with Crippen LogP contribution in [0.15, 0.2) is 0 Å². The van der Waals surface area contributed by atoms with E-state index in [1.165, 1.54) is 6.42 Å². The van der Waals surface area contributed by atoms with Gasteiger partial charge in [0.25, 0.3) is 0 Å². The lowest BCUT2D eigenvalue weighted by atomic mass is 10.1. The van der Waals surface area contributed by atoms with Crippen LogP contribution >= 0.6 is 0 Å². The molecule has 0 aromatic rings. The average molecular weight is 300 g/mol. The van der Waals surface area contributed by atoms with E-state index in [0.29, 0.717) is 12.6 Å². The van der Waals surface area contributed by atoms with Gasteiger partial charge in [-0.05, 0) is 60.2 Å². The number of ether oxygens (including phenoxy) is 1. The lowest BCUT2D eigenvalue weighted by molar-refractivity contribution is -0.159. The first-order valence-electron chi connectivity index (χ1n) is 8.38. The van der Waals surface area contributed by atoms with Crippen molar-refractivity contribution in [1.29, 1.82) is 0 Å². The van der Waals surface area contributed by atoms with E-state index in [2.05, 4.69) is 31.0 Å². The van der Waals surface area contributed by atoms with Crippen LogP contribution in [0.1, 0.15) is 61.3 Å². The minimum atomic E-state index is -0.402. The lowest BCUT2D eigenvalue weighted by Crippen LogP contribution is -2.36. The smallest absolute Gasteiger partial charge is 0.310 e. The first-order chi connectivity index (χ1) is 9.69. The molecule has 0 aliphatic heterocycles. The van der Waals surface area contributed by atoms with Gasteiger partial charge >= 0.3 is 5.97 Å². The summed E-state index contributed by atoms with van der Waals surface area (Å²) in [4.78, 5) is 14.3. The Kier molecular flexibility index (Phi) is 9.88. The minimum absolute atomic E-state index is 0.102. The molecule has 4 nitrogen and oxygen atoms in total. The van der Waals surface area contributed by atoms with Crippen molar-refractivity contribution in [3.63, 3.8) is 0 Å². The summed E-state index contributed by atoms with van der Waals surface area (Å²) in [6.07, 6.45) is 2.33. The van der Waals surface area contributed by atoms with Gasteiger partial charge in [0.2, 0.25) is 0 Å². The van der Waals surface area contributed by atoms with E-state index in [1.54, 1.807) is 0 Å². The summed E-state index contributed by atoms with van der Waals surface area (Å²) in [6.45, 7) is 18.3.